The van der Waals surface area contributed by atoms with Crippen LogP contribution in [0.15, 0.2) is 12.7 Å². The first-order valence-corrected chi connectivity index (χ1v) is 6.74. The molecular formula is C11H18N2O3S. The van der Waals surface area contributed by atoms with Crippen LogP contribution in [0.4, 0.5) is 4.79 Å². The summed E-state index contributed by atoms with van der Waals surface area (Å²) in [5.74, 6) is 0.327. The monoisotopic (exact) mass is 258 g/mol. The van der Waals surface area contributed by atoms with Gasteiger partial charge in [0.2, 0.25) is 0 Å². The Morgan fingerprint density at radius 2 is 2.35 bits per heavy atom. The average Bonchev–Trinajstić information content (AvgIpc) is 2.35. The van der Waals surface area contributed by atoms with E-state index >= 15 is 0 Å². The van der Waals surface area contributed by atoms with Gasteiger partial charge >= 0.3 is 12.0 Å². The van der Waals surface area contributed by atoms with Crippen LogP contribution in [0.2, 0.25) is 0 Å². The lowest BCUT2D eigenvalue weighted by Crippen LogP contribution is -2.54. The highest BCUT2D eigenvalue weighted by Gasteiger charge is 2.34. The number of hydrogen-bond donors (Lipinski definition) is 1. The molecule has 0 radical (unpaired) electrons. The number of likely N-dealkylation sites (N-methyl/N-ethyl adjacent to an activating group) is 1. The van der Waals surface area contributed by atoms with Crippen LogP contribution in [-0.4, -0.2) is 64.1 Å². The second kappa shape index (κ2) is 6.54. The fraction of sp³-hybridized carbons (Fsp3) is 0.636. The molecule has 0 spiro atoms. The summed E-state index contributed by atoms with van der Waals surface area (Å²) in [4.78, 5) is 26.3. The molecule has 1 N–H and O–H groups in total. The van der Waals surface area contributed by atoms with Crippen LogP contribution in [0, 0.1) is 0 Å². The maximum Gasteiger partial charge on any atom is 0.327 e. The topological polar surface area (TPSA) is 60.9 Å². The van der Waals surface area contributed by atoms with E-state index in [1.807, 2.05) is 6.92 Å². The van der Waals surface area contributed by atoms with Gasteiger partial charge in [0, 0.05) is 31.1 Å². The Balaban J connectivity index is 2.76. The minimum atomic E-state index is -0.930. The molecule has 1 aliphatic heterocycles. The summed E-state index contributed by atoms with van der Waals surface area (Å²) in [6.07, 6.45) is 1.65. The maximum atomic E-state index is 12.2. The third-order valence-corrected chi connectivity index (χ3v) is 3.68. The zero-order valence-corrected chi connectivity index (χ0v) is 10.8. The van der Waals surface area contributed by atoms with Crippen molar-refractivity contribution in [3.63, 3.8) is 0 Å². The van der Waals surface area contributed by atoms with Gasteiger partial charge in [-0.05, 0) is 6.92 Å². The van der Waals surface area contributed by atoms with Crippen molar-refractivity contribution < 1.29 is 14.7 Å². The molecule has 0 saturated carbocycles. The van der Waals surface area contributed by atoms with E-state index in [-0.39, 0.29) is 6.03 Å². The highest BCUT2D eigenvalue weighted by Crippen LogP contribution is 2.18. The number of amides is 2. The molecule has 1 aliphatic rings. The maximum absolute atomic E-state index is 12.2. The third kappa shape index (κ3) is 3.39. The molecule has 0 aromatic heterocycles. The van der Waals surface area contributed by atoms with Crippen molar-refractivity contribution in [1.82, 2.24) is 9.80 Å². The van der Waals surface area contributed by atoms with Gasteiger partial charge in [0.15, 0.2) is 0 Å². The second-order valence-electron chi connectivity index (χ2n) is 3.73. The van der Waals surface area contributed by atoms with E-state index in [9.17, 15) is 9.59 Å². The molecule has 6 heteroatoms. The van der Waals surface area contributed by atoms with Crippen molar-refractivity contribution >= 4 is 23.8 Å². The summed E-state index contributed by atoms with van der Waals surface area (Å²) in [6, 6.07) is -0.916. The van der Waals surface area contributed by atoms with Gasteiger partial charge in [-0.2, -0.15) is 11.8 Å². The molecule has 1 fully saturated rings. The van der Waals surface area contributed by atoms with E-state index in [4.69, 9.17) is 5.11 Å². The van der Waals surface area contributed by atoms with Crippen LogP contribution in [0.3, 0.4) is 0 Å². The summed E-state index contributed by atoms with van der Waals surface area (Å²) in [6.45, 7) is 6.97. The van der Waals surface area contributed by atoms with Crippen LogP contribution in [0.1, 0.15) is 6.92 Å². The third-order valence-electron chi connectivity index (χ3n) is 2.66. The Labute approximate surface area is 105 Å². The minimum absolute atomic E-state index is 0.208. The number of rotatable bonds is 4. The van der Waals surface area contributed by atoms with E-state index in [2.05, 4.69) is 6.58 Å². The second-order valence-corrected chi connectivity index (χ2v) is 4.88. The Bertz CT molecular complexity index is 309. The van der Waals surface area contributed by atoms with Crippen LogP contribution in [0.5, 0.6) is 0 Å². The van der Waals surface area contributed by atoms with E-state index in [0.29, 0.717) is 25.4 Å². The van der Waals surface area contributed by atoms with Crippen molar-refractivity contribution in [2.45, 2.75) is 13.0 Å². The normalized spacial score (nSPS) is 19.8. The number of carbonyl (C=O) groups is 2. The van der Waals surface area contributed by atoms with Crippen molar-refractivity contribution in [2.75, 3.05) is 31.1 Å². The molecule has 1 saturated heterocycles. The summed E-state index contributed by atoms with van der Waals surface area (Å²) < 4.78 is 0. The molecule has 1 unspecified atom stereocenters. The van der Waals surface area contributed by atoms with Crippen LogP contribution < -0.4 is 0 Å². The van der Waals surface area contributed by atoms with Crippen LogP contribution >= 0.6 is 11.8 Å². The van der Waals surface area contributed by atoms with Gasteiger partial charge in [-0.15, -0.1) is 6.58 Å². The summed E-state index contributed by atoms with van der Waals surface area (Å²) in [5.41, 5.74) is 0. The van der Waals surface area contributed by atoms with Crippen molar-refractivity contribution in [2.24, 2.45) is 0 Å². The minimum Gasteiger partial charge on any atom is -0.480 e. The van der Waals surface area contributed by atoms with Gasteiger partial charge < -0.3 is 14.9 Å². The number of thioether (sulfide) groups is 1. The summed E-state index contributed by atoms with van der Waals surface area (Å²) in [5, 5.41) is 9.10. The fourth-order valence-corrected chi connectivity index (χ4v) is 2.76. The van der Waals surface area contributed by atoms with Gasteiger partial charge in [0.05, 0.1) is 0 Å². The molecule has 1 atom stereocenters. The lowest BCUT2D eigenvalue weighted by molar-refractivity contribution is -0.141. The highest BCUT2D eigenvalue weighted by atomic mass is 32.2. The van der Waals surface area contributed by atoms with Gasteiger partial charge in [0.25, 0.3) is 0 Å². The Morgan fingerprint density at radius 3 is 2.88 bits per heavy atom. The van der Waals surface area contributed by atoms with E-state index in [1.165, 1.54) is 4.90 Å². The summed E-state index contributed by atoms with van der Waals surface area (Å²) >= 11 is 1.57. The molecule has 5 nitrogen and oxygen atoms in total. The zero-order chi connectivity index (χ0) is 12.8. The molecule has 17 heavy (non-hydrogen) atoms. The Morgan fingerprint density at radius 1 is 1.65 bits per heavy atom. The number of carboxylic acid groups (broad SMARTS) is 1. The number of carboxylic acids is 1. The van der Waals surface area contributed by atoms with Crippen LogP contribution in [-0.2, 0) is 4.79 Å². The lowest BCUT2D eigenvalue weighted by atomic mass is 10.3. The van der Waals surface area contributed by atoms with Gasteiger partial charge in [-0.25, -0.2) is 9.59 Å². The first-order valence-electron chi connectivity index (χ1n) is 5.58. The van der Waals surface area contributed by atoms with E-state index in [0.717, 1.165) is 5.75 Å². The number of nitrogens with zero attached hydrogens (tertiary/aromatic N) is 2. The standard InChI is InChI=1S/C11H18N2O3S/c1-3-5-12(4-2)11(16)13-6-7-17-8-9(13)10(14)15/h3,9H,1,4-8H2,2H3,(H,14,15). The number of urea groups is 1. The number of carbonyl (C=O) groups excluding carboxylic acids is 1. The SMILES string of the molecule is C=CCN(CC)C(=O)N1CCSCC1C(=O)O. The smallest absolute Gasteiger partial charge is 0.327 e. The van der Waals surface area contributed by atoms with Gasteiger partial charge in [0.1, 0.15) is 6.04 Å². The fourth-order valence-electron chi connectivity index (χ4n) is 1.72. The molecule has 1 rings (SSSR count). The van der Waals surface area contributed by atoms with Gasteiger partial charge in [-0.1, -0.05) is 6.08 Å². The molecule has 0 aliphatic carbocycles. The number of hydrogen-bond acceptors (Lipinski definition) is 3. The molecule has 0 aromatic rings. The quantitative estimate of drug-likeness (QED) is 0.768. The first kappa shape index (κ1) is 13.9. The van der Waals surface area contributed by atoms with Gasteiger partial charge in [-0.3, -0.25) is 0 Å². The predicted molar refractivity (Wildman–Crippen MR) is 68.3 cm³/mol. The highest BCUT2D eigenvalue weighted by molar-refractivity contribution is 7.99. The lowest BCUT2D eigenvalue weighted by Gasteiger charge is -2.36. The van der Waals surface area contributed by atoms with Crippen LogP contribution in [0.25, 0.3) is 0 Å². The van der Waals surface area contributed by atoms with E-state index < -0.39 is 12.0 Å². The zero-order valence-electron chi connectivity index (χ0n) is 9.96. The molecule has 0 aromatic carbocycles. The molecular weight excluding hydrogens is 240 g/mol. The molecule has 0 bridgehead atoms. The molecule has 1 heterocycles. The number of aliphatic carboxylic acids is 1. The molecule has 2 amide bonds. The average molecular weight is 258 g/mol. The van der Waals surface area contributed by atoms with Crippen molar-refractivity contribution in [3.05, 3.63) is 12.7 Å². The Hall–Kier alpha value is -1.17. The van der Waals surface area contributed by atoms with Crippen molar-refractivity contribution in [1.29, 1.82) is 0 Å². The predicted octanol–water partition coefficient (Wildman–Crippen LogP) is 1.12. The molecule has 96 valence electrons. The Kier molecular flexibility index (Phi) is 5.34. The first-order chi connectivity index (χ1) is 8.11. The van der Waals surface area contributed by atoms with E-state index in [1.54, 1.807) is 22.7 Å². The van der Waals surface area contributed by atoms with Crippen molar-refractivity contribution in [3.8, 4) is 0 Å². The summed E-state index contributed by atoms with van der Waals surface area (Å²) in [7, 11) is 0. The largest absolute Gasteiger partial charge is 0.480 e.